The van der Waals surface area contributed by atoms with Crippen molar-refractivity contribution in [1.82, 2.24) is 19.8 Å². The number of benzene rings is 1. The van der Waals surface area contributed by atoms with Crippen LogP contribution in [0.2, 0.25) is 0 Å². The van der Waals surface area contributed by atoms with Crippen LogP contribution in [0.1, 0.15) is 54.1 Å². The number of aromatic nitrogens is 2. The van der Waals surface area contributed by atoms with E-state index in [1.54, 1.807) is 12.3 Å². The van der Waals surface area contributed by atoms with E-state index in [9.17, 15) is 13.2 Å². The Bertz CT molecular complexity index is 1150. The summed E-state index contributed by atoms with van der Waals surface area (Å²) in [4.78, 5) is 6.74. The standard InChI is InChI=1S/C25H27F3N4S/c1-15(2)14-31-23(22(30-24(31)33)21-10-5-6-11-29-21)20-12-16(3)32(17(20)4)19-9-7-8-18(13-19)25(26,27)28/h5-13,15,22-23H,14H2,1-4H3,(H,30,33)/t22-,23-/m0/s1. The van der Waals surface area contributed by atoms with Crippen molar-refractivity contribution in [3.8, 4) is 5.69 Å². The first-order valence-corrected chi connectivity index (χ1v) is 11.3. The van der Waals surface area contributed by atoms with Gasteiger partial charge in [-0.3, -0.25) is 4.98 Å². The first-order chi connectivity index (χ1) is 15.6. The highest BCUT2D eigenvalue weighted by atomic mass is 32.1. The number of halogens is 3. The van der Waals surface area contributed by atoms with Gasteiger partial charge in [-0.05, 0) is 73.9 Å². The van der Waals surface area contributed by atoms with Crippen molar-refractivity contribution in [1.29, 1.82) is 0 Å². The van der Waals surface area contributed by atoms with Crippen molar-refractivity contribution >= 4 is 17.3 Å². The summed E-state index contributed by atoms with van der Waals surface area (Å²) in [5, 5.41) is 4.10. The third-order valence-electron chi connectivity index (χ3n) is 5.98. The Hall–Kier alpha value is -2.87. The molecule has 1 fully saturated rings. The zero-order valence-corrected chi connectivity index (χ0v) is 19.8. The highest BCUT2D eigenvalue weighted by molar-refractivity contribution is 7.80. The van der Waals surface area contributed by atoms with E-state index in [1.807, 2.05) is 36.6 Å². The summed E-state index contributed by atoms with van der Waals surface area (Å²) in [6, 6.07) is 13.0. The summed E-state index contributed by atoms with van der Waals surface area (Å²) in [5.74, 6) is 0.377. The van der Waals surface area contributed by atoms with Crippen LogP contribution in [0.4, 0.5) is 13.2 Å². The zero-order valence-electron chi connectivity index (χ0n) is 19.0. The number of aryl methyl sites for hydroxylation is 1. The molecule has 1 aromatic carbocycles. The summed E-state index contributed by atoms with van der Waals surface area (Å²) in [6.07, 6.45) is -2.64. The van der Waals surface area contributed by atoms with Gasteiger partial charge in [0.25, 0.3) is 0 Å². The lowest BCUT2D eigenvalue weighted by Crippen LogP contribution is -2.33. The number of rotatable bonds is 5. The van der Waals surface area contributed by atoms with Crippen molar-refractivity contribution in [3.05, 3.63) is 82.9 Å². The first kappa shape index (κ1) is 23.3. The average Bonchev–Trinajstić information content (AvgIpc) is 3.23. The quantitative estimate of drug-likeness (QED) is 0.453. The second kappa shape index (κ2) is 8.82. The van der Waals surface area contributed by atoms with Gasteiger partial charge in [0.05, 0.1) is 23.3 Å². The molecule has 174 valence electrons. The lowest BCUT2D eigenvalue weighted by molar-refractivity contribution is -0.137. The summed E-state index contributed by atoms with van der Waals surface area (Å²) in [7, 11) is 0. The second-order valence-electron chi connectivity index (χ2n) is 8.88. The Labute approximate surface area is 197 Å². The average molecular weight is 473 g/mol. The van der Waals surface area contributed by atoms with Gasteiger partial charge >= 0.3 is 6.18 Å². The molecular formula is C25H27F3N4S. The smallest absolute Gasteiger partial charge is 0.352 e. The number of nitrogens with one attached hydrogen (secondary N) is 1. The van der Waals surface area contributed by atoms with E-state index in [2.05, 4.69) is 35.1 Å². The van der Waals surface area contributed by atoms with E-state index in [4.69, 9.17) is 12.2 Å². The Balaban J connectivity index is 1.83. The molecule has 1 N–H and O–H groups in total. The zero-order chi connectivity index (χ0) is 23.9. The lowest BCUT2D eigenvalue weighted by atomic mass is 9.96. The minimum absolute atomic E-state index is 0.124. The molecule has 33 heavy (non-hydrogen) atoms. The van der Waals surface area contributed by atoms with E-state index in [1.165, 1.54) is 12.1 Å². The maximum Gasteiger partial charge on any atom is 0.416 e. The van der Waals surface area contributed by atoms with Crippen molar-refractivity contribution in [2.45, 2.75) is 46.0 Å². The number of pyridine rings is 1. The molecule has 0 unspecified atom stereocenters. The van der Waals surface area contributed by atoms with Crippen molar-refractivity contribution in [2.24, 2.45) is 5.92 Å². The molecule has 1 aliphatic rings. The van der Waals surface area contributed by atoms with E-state index in [0.29, 0.717) is 16.7 Å². The van der Waals surface area contributed by atoms with Crippen LogP contribution < -0.4 is 5.32 Å². The van der Waals surface area contributed by atoms with Crippen LogP contribution in [0.25, 0.3) is 5.69 Å². The number of nitrogens with zero attached hydrogens (tertiary/aromatic N) is 3. The van der Waals surface area contributed by atoms with Gasteiger partial charge in [-0.15, -0.1) is 0 Å². The highest BCUT2D eigenvalue weighted by Gasteiger charge is 2.41. The van der Waals surface area contributed by atoms with E-state index in [0.717, 1.165) is 35.3 Å². The molecule has 0 amide bonds. The molecule has 8 heteroatoms. The fourth-order valence-corrected chi connectivity index (χ4v) is 4.95. The third kappa shape index (κ3) is 4.49. The number of thiocarbonyl (C=S) groups is 1. The Morgan fingerprint density at radius 1 is 1.09 bits per heavy atom. The second-order valence-corrected chi connectivity index (χ2v) is 9.27. The van der Waals surface area contributed by atoms with E-state index >= 15 is 0 Å². The number of hydrogen-bond donors (Lipinski definition) is 1. The SMILES string of the molecule is Cc1cc([C@H]2[C@H](c3ccccn3)NC(=S)N2CC(C)C)c(C)n1-c1cccc(C(F)(F)F)c1. The molecule has 2 aromatic heterocycles. The molecule has 2 atom stereocenters. The van der Waals surface area contributed by atoms with Gasteiger partial charge in [0.2, 0.25) is 0 Å². The Morgan fingerprint density at radius 2 is 1.85 bits per heavy atom. The molecule has 4 nitrogen and oxygen atoms in total. The maximum absolute atomic E-state index is 13.3. The van der Waals surface area contributed by atoms with Gasteiger partial charge in [0, 0.05) is 29.8 Å². The predicted molar refractivity (Wildman–Crippen MR) is 127 cm³/mol. The summed E-state index contributed by atoms with van der Waals surface area (Å²) >= 11 is 5.70. The third-order valence-corrected chi connectivity index (χ3v) is 6.33. The molecule has 0 saturated carbocycles. The topological polar surface area (TPSA) is 33.1 Å². The van der Waals surface area contributed by atoms with Crippen LogP contribution in [0.3, 0.4) is 0 Å². The summed E-state index contributed by atoms with van der Waals surface area (Å²) in [5.41, 5.74) is 3.48. The number of hydrogen-bond acceptors (Lipinski definition) is 2. The molecule has 0 radical (unpaired) electrons. The highest BCUT2D eigenvalue weighted by Crippen LogP contribution is 2.42. The molecule has 1 aliphatic heterocycles. The monoisotopic (exact) mass is 472 g/mol. The van der Waals surface area contributed by atoms with Crippen LogP contribution >= 0.6 is 12.2 Å². The minimum Gasteiger partial charge on any atom is -0.352 e. The fraction of sp³-hybridized carbons (Fsp3) is 0.360. The van der Waals surface area contributed by atoms with Gasteiger partial charge in [-0.2, -0.15) is 13.2 Å². The van der Waals surface area contributed by atoms with E-state index in [-0.39, 0.29) is 12.1 Å². The van der Waals surface area contributed by atoms with Crippen LogP contribution in [0.15, 0.2) is 54.7 Å². The lowest BCUT2D eigenvalue weighted by Gasteiger charge is -2.29. The largest absolute Gasteiger partial charge is 0.416 e. The summed E-state index contributed by atoms with van der Waals surface area (Å²) in [6.45, 7) is 8.90. The molecule has 0 aliphatic carbocycles. The number of alkyl halides is 3. The van der Waals surface area contributed by atoms with E-state index < -0.39 is 11.7 Å². The van der Waals surface area contributed by atoms with Gasteiger partial charge in [0.15, 0.2) is 5.11 Å². The molecule has 4 rings (SSSR count). The van der Waals surface area contributed by atoms with Crippen molar-refractivity contribution < 1.29 is 13.2 Å². The van der Waals surface area contributed by atoms with Crippen LogP contribution in [-0.2, 0) is 6.18 Å². The van der Waals surface area contributed by atoms with Gasteiger partial charge in [-0.25, -0.2) is 0 Å². The fourth-order valence-electron chi connectivity index (χ4n) is 4.64. The van der Waals surface area contributed by atoms with Crippen molar-refractivity contribution in [3.63, 3.8) is 0 Å². The van der Waals surface area contributed by atoms with Crippen LogP contribution in [-0.4, -0.2) is 26.1 Å². The molecule has 1 saturated heterocycles. The Kier molecular flexibility index (Phi) is 6.22. The molecule has 3 heterocycles. The summed E-state index contributed by atoms with van der Waals surface area (Å²) < 4.78 is 41.9. The first-order valence-electron chi connectivity index (χ1n) is 10.9. The Morgan fingerprint density at radius 3 is 2.48 bits per heavy atom. The normalized spacial score (nSPS) is 18.8. The minimum atomic E-state index is -4.40. The van der Waals surface area contributed by atoms with Crippen LogP contribution in [0, 0.1) is 19.8 Å². The van der Waals surface area contributed by atoms with Gasteiger partial charge in [-0.1, -0.05) is 26.0 Å². The van der Waals surface area contributed by atoms with Gasteiger partial charge in [0.1, 0.15) is 0 Å². The maximum atomic E-state index is 13.3. The molecule has 0 bridgehead atoms. The van der Waals surface area contributed by atoms with Gasteiger partial charge < -0.3 is 14.8 Å². The van der Waals surface area contributed by atoms with Crippen molar-refractivity contribution in [2.75, 3.05) is 6.54 Å². The predicted octanol–water partition coefficient (Wildman–Crippen LogP) is 6.14. The molecule has 3 aromatic rings. The molecular weight excluding hydrogens is 445 g/mol. The van der Waals surface area contributed by atoms with Crippen LogP contribution in [0.5, 0.6) is 0 Å². The molecule has 0 spiro atoms.